The quantitative estimate of drug-likeness (QED) is 0.719. The highest BCUT2D eigenvalue weighted by Crippen LogP contribution is 2.21. The van der Waals surface area contributed by atoms with Gasteiger partial charge in [-0.25, -0.2) is 4.98 Å². The van der Waals surface area contributed by atoms with Gasteiger partial charge in [-0.15, -0.1) is 0 Å². The smallest absolute Gasteiger partial charge is 0.270 e. The van der Waals surface area contributed by atoms with Crippen LogP contribution in [0.3, 0.4) is 0 Å². The van der Waals surface area contributed by atoms with Crippen LogP contribution in [0.25, 0.3) is 10.9 Å². The minimum Gasteiger partial charge on any atom is -0.397 e. The highest BCUT2D eigenvalue weighted by atomic mass is 16.2. The minimum atomic E-state index is -0.0893. The fourth-order valence-corrected chi connectivity index (χ4v) is 2.33. The maximum absolute atomic E-state index is 12.5. The van der Waals surface area contributed by atoms with E-state index in [-0.39, 0.29) is 5.91 Å². The van der Waals surface area contributed by atoms with E-state index < -0.39 is 0 Å². The average molecular weight is 283 g/mol. The number of fused-ring (bicyclic) bond motifs is 1. The molecule has 108 valence electrons. The van der Waals surface area contributed by atoms with Gasteiger partial charge in [-0.3, -0.25) is 4.79 Å². The van der Waals surface area contributed by atoms with Gasteiger partial charge in [-0.1, -0.05) is 12.1 Å². The van der Waals surface area contributed by atoms with Gasteiger partial charge >= 0.3 is 0 Å². The van der Waals surface area contributed by atoms with E-state index in [2.05, 4.69) is 9.97 Å². The van der Waals surface area contributed by atoms with Gasteiger partial charge in [-0.05, 0) is 12.1 Å². The van der Waals surface area contributed by atoms with Crippen LogP contribution in [0.15, 0.2) is 36.7 Å². The maximum Gasteiger partial charge on any atom is 0.270 e. The molecular weight excluding hydrogens is 266 g/mol. The van der Waals surface area contributed by atoms with E-state index in [1.54, 1.807) is 18.1 Å². The molecule has 2 aromatic heterocycles. The van der Waals surface area contributed by atoms with Crippen molar-refractivity contribution in [1.29, 1.82) is 0 Å². The number of carbonyl (C=O) groups excluding carboxylic acids is 1. The molecule has 0 spiro atoms. The number of nitrogens with two attached hydrogens (primary N) is 1. The Morgan fingerprint density at radius 2 is 2.29 bits per heavy atom. The SMILES string of the molecule is CN(Cc1nccn1C)C(=O)c1cc2cccc(N)c2[nH]1. The number of nitrogens with zero attached hydrogens (tertiary/aromatic N) is 3. The lowest BCUT2D eigenvalue weighted by atomic mass is 10.2. The predicted molar refractivity (Wildman–Crippen MR) is 81.7 cm³/mol. The van der Waals surface area contributed by atoms with Crippen molar-refractivity contribution < 1.29 is 4.79 Å². The van der Waals surface area contributed by atoms with Crippen LogP contribution in [0.1, 0.15) is 16.3 Å². The van der Waals surface area contributed by atoms with Gasteiger partial charge < -0.3 is 20.2 Å². The Kier molecular flexibility index (Phi) is 3.13. The van der Waals surface area contributed by atoms with Crippen molar-refractivity contribution in [2.24, 2.45) is 7.05 Å². The Hall–Kier alpha value is -2.76. The van der Waals surface area contributed by atoms with Gasteiger partial charge in [0.2, 0.25) is 0 Å². The summed E-state index contributed by atoms with van der Waals surface area (Å²) in [4.78, 5) is 21.4. The molecule has 0 aliphatic heterocycles. The molecule has 0 saturated carbocycles. The largest absolute Gasteiger partial charge is 0.397 e. The minimum absolute atomic E-state index is 0.0893. The van der Waals surface area contributed by atoms with Crippen LogP contribution in [0, 0.1) is 0 Å². The normalized spacial score (nSPS) is 11.0. The molecule has 6 heteroatoms. The molecule has 21 heavy (non-hydrogen) atoms. The Morgan fingerprint density at radius 3 is 2.95 bits per heavy atom. The summed E-state index contributed by atoms with van der Waals surface area (Å²) in [6, 6.07) is 7.43. The molecule has 1 aromatic carbocycles. The predicted octanol–water partition coefficient (Wildman–Crippen LogP) is 1.76. The fourth-order valence-electron chi connectivity index (χ4n) is 2.33. The summed E-state index contributed by atoms with van der Waals surface area (Å²) >= 11 is 0. The molecule has 0 fully saturated rings. The van der Waals surface area contributed by atoms with Crippen LogP contribution in [0.2, 0.25) is 0 Å². The number of para-hydroxylation sites is 1. The van der Waals surface area contributed by atoms with Crippen molar-refractivity contribution >= 4 is 22.5 Å². The third kappa shape index (κ3) is 2.35. The third-order valence-electron chi connectivity index (χ3n) is 3.57. The number of hydrogen-bond acceptors (Lipinski definition) is 3. The molecule has 0 bridgehead atoms. The van der Waals surface area contributed by atoms with Crippen LogP contribution in [0.4, 0.5) is 5.69 Å². The van der Waals surface area contributed by atoms with E-state index in [1.165, 1.54) is 0 Å². The highest BCUT2D eigenvalue weighted by molar-refractivity contribution is 6.00. The van der Waals surface area contributed by atoms with Crippen molar-refractivity contribution in [2.45, 2.75) is 6.54 Å². The topological polar surface area (TPSA) is 79.9 Å². The van der Waals surface area contributed by atoms with Gasteiger partial charge in [0, 0.05) is 31.9 Å². The van der Waals surface area contributed by atoms with Crippen LogP contribution in [-0.4, -0.2) is 32.4 Å². The molecule has 0 radical (unpaired) electrons. The van der Waals surface area contributed by atoms with Crippen molar-refractivity contribution in [1.82, 2.24) is 19.4 Å². The van der Waals surface area contributed by atoms with Crippen LogP contribution in [-0.2, 0) is 13.6 Å². The number of carbonyl (C=O) groups is 1. The third-order valence-corrected chi connectivity index (χ3v) is 3.57. The highest BCUT2D eigenvalue weighted by Gasteiger charge is 2.16. The monoisotopic (exact) mass is 283 g/mol. The van der Waals surface area contributed by atoms with E-state index in [9.17, 15) is 4.79 Å². The second-order valence-corrected chi connectivity index (χ2v) is 5.11. The van der Waals surface area contributed by atoms with Crippen molar-refractivity contribution in [3.63, 3.8) is 0 Å². The number of aryl methyl sites for hydroxylation is 1. The molecule has 0 atom stereocenters. The number of hydrogen-bond donors (Lipinski definition) is 2. The molecule has 0 unspecified atom stereocenters. The first kappa shape index (κ1) is 13.2. The van der Waals surface area contributed by atoms with E-state index in [0.717, 1.165) is 16.7 Å². The van der Waals surface area contributed by atoms with E-state index in [4.69, 9.17) is 5.73 Å². The summed E-state index contributed by atoms with van der Waals surface area (Å²) in [6.07, 6.45) is 3.58. The molecule has 0 aliphatic rings. The molecule has 3 aromatic rings. The average Bonchev–Trinajstić information content (AvgIpc) is 3.06. The number of amides is 1. The first-order valence-corrected chi connectivity index (χ1v) is 6.65. The summed E-state index contributed by atoms with van der Waals surface area (Å²) in [6.45, 7) is 0.452. The number of H-pyrrole nitrogens is 1. The number of rotatable bonds is 3. The maximum atomic E-state index is 12.5. The Morgan fingerprint density at radius 1 is 1.48 bits per heavy atom. The Balaban J connectivity index is 1.86. The number of nitrogens with one attached hydrogen (secondary N) is 1. The zero-order valence-electron chi connectivity index (χ0n) is 12.0. The standard InChI is InChI=1S/C15H17N5O/c1-19-7-6-17-13(19)9-20(2)15(21)12-8-10-4-3-5-11(16)14(10)18-12/h3-8,18H,9,16H2,1-2H3. The fraction of sp³-hybridized carbons (Fsp3) is 0.200. The summed E-state index contributed by atoms with van der Waals surface area (Å²) in [7, 11) is 3.66. The summed E-state index contributed by atoms with van der Waals surface area (Å²) in [5.74, 6) is 0.745. The van der Waals surface area contributed by atoms with Crippen molar-refractivity contribution in [3.8, 4) is 0 Å². The lowest BCUT2D eigenvalue weighted by molar-refractivity contribution is 0.0775. The van der Waals surface area contributed by atoms with Crippen LogP contribution < -0.4 is 5.73 Å². The summed E-state index contributed by atoms with van der Waals surface area (Å²) in [5.41, 5.74) is 7.87. The number of nitrogen functional groups attached to an aromatic ring is 1. The molecule has 3 rings (SSSR count). The van der Waals surface area contributed by atoms with E-state index in [1.807, 2.05) is 42.1 Å². The summed E-state index contributed by atoms with van der Waals surface area (Å²) < 4.78 is 1.90. The summed E-state index contributed by atoms with van der Waals surface area (Å²) in [5, 5.41) is 0.934. The molecular formula is C15H17N5O. The Labute approximate surface area is 122 Å². The molecule has 6 nitrogen and oxygen atoms in total. The van der Waals surface area contributed by atoms with Crippen LogP contribution >= 0.6 is 0 Å². The van der Waals surface area contributed by atoms with E-state index in [0.29, 0.717) is 17.9 Å². The van der Waals surface area contributed by atoms with Crippen LogP contribution in [0.5, 0.6) is 0 Å². The molecule has 0 aliphatic carbocycles. The number of aromatic amines is 1. The van der Waals surface area contributed by atoms with Crippen molar-refractivity contribution in [2.75, 3.05) is 12.8 Å². The van der Waals surface area contributed by atoms with Gasteiger partial charge in [-0.2, -0.15) is 0 Å². The lowest BCUT2D eigenvalue weighted by Gasteiger charge is -2.15. The first-order valence-electron chi connectivity index (χ1n) is 6.65. The number of aromatic nitrogens is 3. The van der Waals surface area contributed by atoms with E-state index >= 15 is 0 Å². The van der Waals surface area contributed by atoms with Crippen molar-refractivity contribution in [3.05, 3.63) is 48.2 Å². The number of imidazole rings is 1. The molecule has 0 saturated heterocycles. The number of anilines is 1. The zero-order valence-corrected chi connectivity index (χ0v) is 12.0. The molecule has 1 amide bonds. The second kappa shape index (κ2) is 4.97. The first-order chi connectivity index (χ1) is 10.1. The second-order valence-electron chi connectivity index (χ2n) is 5.11. The van der Waals surface area contributed by atoms with Gasteiger partial charge in [0.25, 0.3) is 5.91 Å². The number of benzene rings is 1. The zero-order chi connectivity index (χ0) is 15.0. The Bertz CT molecular complexity index is 801. The lowest BCUT2D eigenvalue weighted by Crippen LogP contribution is -2.27. The van der Waals surface area contributed by atoms with Gasteiger partial charge in [0.05, 0.1) is 17.7 Å². The molecule has 2 heterocycles. The van der Waals surface area contributed by atoms with Gasteiger partial charge in [0.15, 0.2) is 0 Å². The van der Waals surface area contributed by atoms with Gasteiger partial charge in [0.1, 0.15) is 11.5 Å². The molecule has 3 N–H and O–H groups in total.